The molecule has 1 fully saturated rings. The maximum atomic E-state index is 15.3. The number of pyridine rings is 1. The summed E-state index contributed by atoms with van der Waals surface area (Å²) < 4.78 is 65.4. The van der Waals surface area contributed by atoms with Crippen molar-refractivity contribution in [1.82, 2.24) is 24.6 Å². The third kappa shape index (κ3) is 5.89. The normalized spacial score (nSPS) is 14.9. The number of halogens is 2. The average Bonchev–Trinajstić information content (AvgIpc) is 3.75. The van der Waals surface area contributed by atoms with Crippen LogP contribution in [0.25, 0.3) is 61.0 Å². The topological polar surface area (TPSA) is 137 Å². The van der Waals surface area contributed by atoms with Gasteiger partial charge in [-0.05, 0) is 43.3 Å². The summed E-state index contributed by atoms with van der Waals surface area (Å²) in [6.07, 6.45) is 1.24. The summed E-state index contributed by atoms with van der Waals surface area (Å²) in [6, 6.07) is 22.6. The van der Waals surface area contributed by atoms with Crippen molar-refractivity contribution in [2.45, 2.75) is 32.0 Å². The molecule has 4 aromatic heterocycles. The van der Waals surface area contributed by atoms with Crippen molar-refractivity contribution in [3.05, 3.63) is 95.6 Å². The number of hydrogen-bond donors (Lipinski definition) is 1. The van der Waals surface area contributed by atoms with Gasteiger partial charge in [-0.3, -0.25) is 18.4 Å². The Bertz CT molecular complexity index is 2820. The van der Waals surface area contributed by atoms with Crippen LogP contribution in [0.1, 0.15) is 34.6 Å². The Labute approximate surface area is 309 Å². The molecule has 14 heteroatoms. The zero-order valence-electron chi connectivity index (χ0n) is 29.9. The molecule has 1 aliphatic rings. The van der Waals surface area contributed by atoms with Crippen molar-refractivity contribution < 1.29 is 26.4 Å². The number of furan rings is 1. The molecule has 1 amide bonds. The van der Waals surface area contributed by atoms with Crippen molar-refractivity contribution in [3.8, 4) is 28.7 Å². The van der Waals surface area contributed by atoms with E-state index >= 15 is 4.39 Å². The molecule has 54 heavy (non-hydrogen) atoms. The number of carbonyl (C=O) groups is 1. The fraction of sp³-hybridized carbons (Fsp3) is 0.250. The van der Waals surface area contributed by atoms with Crippen LogP contribution in [-0.4, -0.2) is 72.7 Å². The predicted molar refractivity (Wildman–Crippen MR) is 204 cm³/mol. The first-order valence-electron chi connectivity index (χ1n) is 17.3. The van der Waals surface area contributed by atoms with E-state index in [1.54, 1.807) is 48.5 Å². The number of amides is 1. The highest BCUT2D eigenvalue weighted by Crippen LogP contribution is 2.42. The second-order valence-corrected chi connectivity index (χ2v) is 15.8. The van der Waals surface area contributed by atoms with Crippen LogP contribution in [-0.2, 0) is 16.6 Å². The van der Waals surface area contributed by atoms with Crippen LogP contribution in [0.4, 0.5) is 14.5 Å². The summed E-state index contributed by atoms with van der Waals surface area (Å²) in [5.74, 6) is 0.117. The van der Waals surface area contributed by atoms with Crippen LogP contribution >= 0.6 is 0 Å². The van der Waals surface area contributed by atoms with Gasteiger partial charge < -0.3 is 9.73 Å². The molecule has 0 unspecified atom stereocenters. The third-order valence-electron chi connectivity index (χ3n) is 10.3. The molecule has 0 spiro atoms. The van der Waals surface area contributed by atoms with Gasteiger partial charge in [-0.1, -0.05) is 35.9 Å². The zero-order chi connectivity index (χ0) is 38.1. The number of carbonyl (C=O) groups excluding carboxylic acids is 1. The lowest BCUT2D eigenvalue weighted by Crippen LogP contribution is -2.40. The van der Waals surface area contributed by atoms with E-state index in [4.69, 9.17) is 14.4 Å². The van der Waals surface area contributed by atoms with Gasteiger partial charge in [-0.2, -0.15) is 5.26 Å². The summed E-state index contributed by atoms with van der Waals surface area (Å²) in [5, 5.41) is 12.8. The highest BCUT2D eigenvalue weighted by Gasteiger charge is 2.35. The number of anilines is 1. The van der Waals surface area contributed by atoms with Crippen LogP contribution in [0, 0.1) is 24.1 Å². The fourth-order valence-corrected chi connectivity index (χ4v) is 7.74. The summed E-state index contributed by atoms with van der Waals surface area (Å²) in [6.45, 7) is 2.99. The Balaban J connectivity index is 1.35. The van der Waals surface area contributed by atoms with Gasteiger partial charge in [0.05, 0.1) is 46.3 Å². The van der Waals surface area contributed by atoms with Gasteiger partial charge in [0.25, 0.3) is 5.91 Å². The lowest BCUT2D eigenvalue weighted by Gasteiger charge is -2.32. The maximum Gasteiger partial charge on any atom is 0.255 e. The fourth-order valence-electron chi connectivity index (χ4n) is 7.24. The Morgan fingerprint density at radius 3 is 2.46 bits per heavy atom. The van der Waals surface area contributed by atoms with Gasteiger partial charge in [0.2, 0.25) is 10.0 Å². The van der Waals surface area contributed by atoms with Gasteiger partial charge in [0.1, 0.15) is 34.6 Å². The Morgan fingerprint density at radius 2 is 1.78 bits per heavy atom. The second-order valence-electron chi connectivity index (χ2n) is 13.8. The molecule has 0 bridgehead atoms. The molecule has 1 saturated heterocycles. The lowest BCUT2D eigenvalue weighted by atomic mass is 9.95. The molecule has 3 aromatic carbocycles. The molecule has 7 aromatic rings. The number of benzene rings is 3. The average molecular weight is 748 g/mol. The van der Waals surface area contributed by atoms with E-state index in [1.807, 2.05) is 40.5 Å². The SMILES string of the molecule is CNC(=O)c1c(-c2ccc(C)cc2)oc2cc(N(C)S(C)(=O)=O)c(-c3ccc4nc(CN5CCC(F)(C#N)CC5)n5c6cccc(F)c6cc5c4n3)cc12. The van der Waals surface area contributed by atoms with Crippen LogP contribution in [0.15, 0.2) is 77.2 Å². The van der Waals surface area contributed by atoms with Gasteiger partial charge in [-0.25, -0.2) is 27.2 Å². The summed E-state index contributed by atoms with van der Waals surface area (Å²) in [5.41, 5.74) is 3.57. The first-order valence-corrected chi connectivity index (χ1v) is 19.2. The molecule has 1 aliphatic heterocycles. The minimum Gasteiger partial charge on any atom is -0.455 e. The Hall–Kier alpha value is -5.91. The molecule has 1 N–H and O–H groups in total. The minimum absolute atomic E-state index is 0.0750. The number of fused-ring (bicyclic) bond motifs is 6. The number of nitriles is 1. The number of nitrogens with zero attached hydrogens (tertiary/aromatic N) is 6. The Kier molecular flexibility index (Phi) is 8.39. The van der Waals surface area contributed by atoms with E-state index in [0.29, 0.717) is 86.5 Å². The highest BCUT2D eigenvalue weighted by atomic mass is 32.2. The second kappa shape index (κ2) is 12.9. The number of alkyl halides is 1. The molecule has 0 radical (unpaired) electrons. The minimum atomic E-state index is -3.78. The van der Waals surface area contributed by atoms with Crippen LogP contribution < -0.4 is 9.62 Å². The van der Waals surface area contributed by atoms with Gasteiger partial charge in [0.15, 0.2) is 5.67 Å². The first-order chi connectivity index (χ1) is 25.8. The van der Waals surface area contributed by atoms with E-state index < -0.39 is 21.5 Å². The number of aryl methyl sites for hydroxylation is 1. The molecule has 0 aliphatic carbocycles. The van der Waals surface area contributed by atoms with Crippen molar-refractivity contribution in [3.63, 3.8) is 0 Å². The first kappa shape index (κ1) is 35.1. The summed E-state index contributed by atoms with van der Waals surface area (Å²) in [7, 11) is -0.822. The van der Waals surface area contributed by atoms with E-state index in [0.717, 1.165) is 16.1 Å². The smallest absolute Gasteiger partial charge is 0.255 e. The lowest BCUT2D eigenvalue weighted by molar-refractivity contribution is 0.0962. The molecule has 8 rings (SSSR count). The van der Waals surface area contributed by atoms with Crippen molar-refractivity contribution in [1.29, 1.82) is 5.26 Å². The molecular formula is C40H35F2N7O4S. The summed E-state index contributed by atoms with van der Waals surface area (Å²) in [4.78, 5) is 25.5. The monoisotopic (exact) mass is 747 g/mol. The predicted octanol–water partition coefficient (Wildman–Crippen LogP) is 7.15. The number of hydrogen-bond acceptors (Lipinski definition) is 8. The third-order valence-corrected chi connectivity index (χ3v) is 11.5. The number of aromatic nitrogens is 3. The largest absolute Gasteiger partial charge is 0.455 e. The van der Waals surface area contributed by atoms with E-state index in [2.05, 4.69) is 5.32 Å². The van der Waals surface area contributed by atoms with Crippen molar-refractivity contribution in [2.24, 2.45) is 0 Å². The molecule has 0 saturated carbocycles. The van der Waals surface area contributed by atoms with Crippen LogP contribution in [0.2, 0.25) is 0 Å². The van der Waals surface area contributed by atoms with E-state index in [-0.39, 0.29) is 30.0 Å². The zero-order valence-corrected chi connectivity index (χ0v) is 30.8. The molecule has 5 heterocycles. The number of sulfonamides is 1. The standard InChI is InChI=1S/C40H35F2N7O4S/c1-23-8-10-24(11-9-23)38-36(39(50)44-2)27-18-26(32(20-34(27)53-38)47(3)54(4,51)52)29-12-13-30-37(46-29)33-19-25-28(41)6-5-7-31(25)49(33)35(45-30)21-48-16-14-40(42,22-43)15-17-48/h5-13,18-20H,14-17,21H2,1-4H3,(H,44,50). The molecule has 274 valence electrons. The van der Waals surface area contributed by atoms with Gasteiger partial charge >= 0.3 is 0 Å². The van der Waals surface area contributed by atoms with Gasteiger partial charge in [0, 0.05) is 68.0 Å². The summed E-state index contributed by atoms with van der Waals surface area (Å²) >= 11 is 0. The number of likely N-dealkylation sites (tertiary alicyclic amines) is 1. The Morgan fingerprint density at radius 1 is 1.04 bits per heavy atom. The number of rotatable bonds is 7. The number of piperidine rings is 1. The van der Waals surface area contributed by atoms with Gasteiger partial charge in [-0.15, -0.1) is 0 Å². The number of nitrogens with one attached hydrogen (secondary N) is 1. The molecular weight excluding hydrogens is 713 g/mol. The van der Waals surface area contributed by atoms with Crippen LogP contribution in [0.5, 0.6) is 0 Å². The molecule has 11 nitrogen and oxygen atoms in total. The van der Waals surface area contributed by atoms with E-state index in [1.165, 1.54) is 20.2 Å². The van der Waals surface area contributed by atoms with Crippen molar-refractivity contribution >= 4 is 60.0 Å². The highest BCUT2D eigenvalue weighted by molar-refractivity contribution is 7.92. The van der Waals surface area contributed by atoms with E-state index in [9.17, 15) is 22.9 Å². The quantitative estimate of drug-likeness (QED) is 0.182. The van der Waals surface area contributed by atoms with Crippen LogP contribution in [0.3, 0.4) is 0 Å². The maximum absolute atomic E-state index is 15.3. The molecule has 0 atom stereocenters. The van der Waals surface area contributed by atoms with Crippen molar-refractivity contribution in [2.75, 3.05) is 37.7 Å².